The zero-order valence-electron chi connectivity index (χ0n) is 35.4. The summed E-state index contributed by atoms with van der Waals surface area (Å²) < 4.78 is 113. The summed E-state index contributed by atoms with van der Waals surface area (Å²) in [5.74, 6) is -6.72. The highest BCUT2D eigenvalue weighted by atomic mass is 16.6. The summed E-state index contributed by atoms with van der Waals surface area (Å²) in [6.07, 6.45) is 5.58. The van der Waals surface area contributed by atoms with Crippen molar-refractivity contribution < 1.29 is 45.0 Å². The fraction of sp³-hybridized carbons (Fsp3) is 0.903. The molecule has 0 aliphatic heterocycles. The van der Waals surface area contributed by atoms with Crippen molar-refractivity contribution in [3.63, 3.8) is 0 Å². The van der Waals surface area contributed by atoms with Crippen LogP contribution in [0.2, 0.25) is 0 Å². The summed E-state index contributed by atoms with van der Waals surface area (Å²) in [4.78, 5) is 38.4. The number of unbranched alkanes of at least 4 members (excludes halogenated alkanes) is 9. The lowest BCUT2D eigenvalue weighted by atomic mass is 9.73. The third-order valence-electron chi connectivity index (χ3n) is 6.50. The van der Waals surface area contributed by atoms with E-state index >= 15 is 0 Å². The van der Waals surface area contributed by atoms with Crippen LogP contribution < -0.4 is 0 Å². The van der Waals surface area contributed by atoms with Gasteiger partial charge >= 0.3 is 17.9 Å². The average Bonchev–Trinajstić information content (AvgIpc) is 2.94. The number of hydrogen-bond acceptors (Lipinski definition) is 6. The van der Waals surface area contributed by atoms with Gasteiger partial charge in [-0.2, -0.15) is 0 Å². The Balaban J connectivity index is 5.23. The van der Waals surface area contributed by atoms with Crippen molar-refractivity contribution in [2.45, 2.75) is 139 Å². The van der Waals surface area contributed by atoms with Gasteiger partial charge < -0.3 is 14.2 Å². The smallest absolute Gasteiger partial charge is 0.320 e. The summed E-state index contributed by atoms with van der Waals surface area (Å²) in [5.41, 5.74) is -4.91. The summed E-state index contributed by atoms with van der Waals surface area (Å²) in [6.45, 7) is -6.44. The molecule has 0 aromatic heterocycles. The average molecular weight is 539 g/mol. The molecular weight excluding hydrogens is 468 g/mol. The van der Waals surface area contributed by atoms with Gasteiger partial charge in [0.25, 0.3) is 0 Å². The Labute approximate surface area is 244 Å². The van der Waals surface area contributed by atoms with E-state index in [1.807, 2.05) is 0 Å². The molecule has 0 saturated heterocycles. The molecular formula is C31H58O6. The minimum atomic E-state index is -3.20. The second-order valence-corrected chi connectivity index (χ2v) is 9.63. The number of ether oxygens (including phenoxy) is 3. The lowest BCUT2D eigenvalue weighted by Gasteiger charge is -2.32. The number of hydrogen-bond donors (Lipinski definition) is 0. The van der Waals surface area contributed by atoms with E-state index in [9.17, 15) is 14.4 Å². The van der Waals surface area contributed by atoms with Gasteiger partial charge in [0.1, 0.15) is 0 Å². The fourth-order valence-electron chi connectivity index (χ4n) is 4.45. The SMILES string of the molecule is [2H]C([2H])([2H])C(CCCCCCCCCCCCC(C(C(=O)OCC)C(=O)OCC)(C([2H])([2H])[2H])C([2H])([2H])[2H])(C(CC)C(=O)OCC)C([2H])([2H])[2H]. The quantitative estimate of drug-likeness (QED) is 0.0600. The van der Waals surface area contributed by atoms with Crippen molar-refractivity contribution in [1.82, 2.24) is 0 Å². The van der Waals surface area contributed by atoms with Gasteiger partial charge in [0.15, 0.2) is 5.92 Å². The van der Waals surface area contributed by atoms with E-state index in [1.54, 1.807) is 13.8 Å². The number of esters is 3. The molecule has 0 aromatic rings. The second-order valence-electron chi connectivity index (χ2n) is 9.63. The van der Waals surface area contributed by atoms with E-state index in [4.69, 9.17) is 30.7 Å². The van der Waals surface area contributed by atoms with Crippen molar-refractivity contribution in [2.75, 3.05) is 19.8 Å². The minimum Gasteiger partial charge on any atom is -0.466 e. The molecule has 0 radical (unpaired) electrons. The molecule has 37 heavy (non-hydrogen) atoms. The number of rotatable bonds is 22. The summed E-state index contributed by atoms with van der Waals surface area (Å²) in [7, 11) is 0. The van der Waals surface area contributed by atoms with Gasteiger partial charge in [-0.05, 0) is 50.9 Å². The number of carbonyl (C=O) groups excluding carboxylic acids is 3. The standard InChI is InChI=1S/C31H58O6/c1-9-25(27(32)35-10-2)30(5,6)23-21-19-17-15-13-14-16-18-20-22-24-31(7,8)26(28(33)36-11-3)29(34)37-12-4/h25-26H,9-24H2,1-8H3/i5D3,6D3,7D3,8D3. The molecule has 0 amide bonds. The molecule has 6 nitrogen and oxygen atoms in total. The van der Waals surface area contributed by atoms with E-state index in [0.29, 0.717) is 25.7 Å². The van der Waals surface area contributed by atoms with Crippen LogP contribution in [0.1, 0.15) is 155 Å². The van der Waals surface area contributed by atoms with Crippen LogP contribution in [-0.4, -0.2) is 37.7 Å². The normalized spacial score (nSPS) is 19.1. The Kier molecular flexibility index (Phi) is 10.2. The Morgan fingerprint density at radius 2 is 0.919 bits per heavy atom. The van der Waals surface area contributed by atoms with E-state index in [1.165, 1.54) is 13.8 Å². The molecule has 0 aliphatic carbocycles. The van der Waals surface area contributed by atoms with E-state index in [-0.39, 0.29) is 39.1 Å². The number of carbonyl (C=O) groups is 3. The zero-order chi connectivity index (χ0) is 38.3. The van der Waals surface area contributed by atoms with Crippen molar-refractivity contribution >= 4 is 17.9 Å². The summed E-state index contributed by atoms with van der Waals surface area (Å²) >= 11 is 0. The molecule has 1 atom stereocenters. The molecule has 6 heteroatoms. The maximum atomic E-state index is 12.8. The Morgan fingerprint density at radius 3 is 1.27 bits per heavy atom. The largest absolute Gasteiger partial charge is 0.466 e. The van der Waals surface area contributed by atoms with Crippen LogP contribution in [0.25, 0.3) is 0 Å². The summed E-state index contributed by atoms with van der Waals surface area (Å²) in [6, 6.07) is 0. The van der Waals surface area contributed by atoms with Crippen molar-refractivity contribution in [3.8, 4) is 0 Å². The van der Waals surface area contributed by atoms with Crippen LogP contribution in [-0.2, 0) is 28.6 Å². The molecule has 218 valence electrons. The summed E-state index contributed by atoms with van der Waals surface area (Å²) in [5, 5.41) is 0. The first-order valence-electron chi connectivity index (χ1n) is 20.0. The molecule has 0 heterocycles. The third kappa shape index (κ3) is 14.2. The highest BCUT2D eigenvalue weighted by Gasteiger charge is 2.42. The van der Waals surface area contributed by atoms with Crippen LogP contribution >= 0.6 is 0 Å². The third-order valence-corrected chi connectivity index (χ3v) is 6.50. The van der Waals surface area contributed by atoms with Gasteiger partial charge in [0.2, 0.25) is 0 Å². The fourth-order valence-corrected chi connectivity index (χ4v) is 4.45. The van der Waals surface area contributed by atoms with Crippen molar-refractivity contribution in [2.24, 2.45) is 22.7 Å². The van der Waals surface area contributed by atoms with Gasteiger partial charge in [0.05, 0.1) is 25.7 Å². The molecule has 1 unspecified atom stereocenters. The molecule has 0 aliphatic rings. The van der Waals surface area contributed by atoms with E-state index in [0.717, 1.165) is 32.1 Å². The van der Waals surface area contributed by atoms with Crippen molar-refractivity contribution in [3.05, 3.63) is 0 Å². The molecule has 0 aromatic carbocycles. The maximum Gasteiger partial charge on any atom is 0.320 e. The van der Waals surface area contributed by atoms with Gasteiger partial charge in [-0.15, -0.1) is 0 Å². The first-order valence-corrected chi connectivity index (χ1v) is 14.0. The molecule has 0 bridgehead atoms. The van der Waals surface area contributed by atoms with Crippen LogP contribution in [0, 0.1) is 22.7 Å². The van der Waals surface area contributed by atoms with Gasteiger partial charge in [0, 0.05) is 16.4 Å². The minimum absolute atomic E-state index is 0.0180. The zero-order valence-corrected chi connectivity index (χ0v) is 23.4. The van der Waals surface area contributed by atoms with Gasteiger partial charge in [-0.3, -0.25) is 14.4 Å². The second kappa shape index (κ2) is 19.5. The predicted octanol–water partition coefficient (Wildman–Crippen LogP) is 8.05. The maximum absolute atomic E-state index is 12.8. The topological polar surface area (TPSA) is 78.9 Å². The molecule has 0 N–H and O–H groups in total. The van der Waals surface area contributed by atoms with Crippen LogP contribution in [0.3, 0.4) is 0 Å². The monoisotopic (exact) mass is 538 g/mol. The van der Waals surface area contributed by atoms with Crippen LogP contribution in [0.15, 0.2) is 0 Å². The van der Waals surface area contributed by atoms with Crippen molar-refractivity contribution in [1.29, 1.82) is 0 Å². The Hall–Kier alpha value is -1.59. The predicted molar refractivity (Wildman–Crippen MR) is 150 cm³/mol. The van der Waals surface area contributed by atoms with E-state index in [2.05, 4.69) is 0 Å². The first-order chi connectivity index (χ1) is 22.5. The lowest BCUT2D eigenvalue weighted by Crippen LogP contribution is -2.39. The van der Waals surface area contributed by atoms with Crippen LogP contribution in [0.5, 0.6) is 0 Å². The van der Waals surface area contributed by atoms with Gasteiger partial charge in [-0.25, -0.2) is 0 Å². The molecule has 0 fully saturated rings. The highest BCUT2D eigenvalue weighted by molar-refractivity contribution is 5.95. The van der Waals surface area contributed by atoms with Gasteiger partial charge in [-0.1, -0.05) is 98.5 Å². The molecule has 0 spiro atoms. The van der Waals surface area contributed by atoms with E-state index < -0.39 is 74.4 Å². The first kappa shape index (κ1) is 19.5. The molecule has 0 rings (SSSR count). The molecule has 0 saturated carbocycles. The Morgan fingerprint density at radius 1 is 0.568 bits per heavy atom. The highest BCUT2D eigenvalue weighted by Crippen LogP contribution is 2.36. The Bertz CT molecular complexity index is 959. The lowest BCUT2D eigenvalue weighted by molar-refractivity contribution is -0.167. The van der Waals surface area contributed by atoms with Crippen LogP contribution in [0.4, 0.5) is 0 Å².